The number of nitrogens with zero attached hydrogens (tertiary/aromatic N) is 3. The first-order chi connectivity index (χ1) is 20.2. The predicted octanol–water partition coefficient (Wildman–Crippen LogP) is 5.96. The van der Waals surface area contributed by atoms with Crippen molar-refractivity contribution in [3.63, 3.8) is 0 Å². The number of anilines is 1. The zero-order chi connectivity index (χ0) is 29.9. The molecule has 5 rings (SSSR count). The SMILES string of the molecule is COC(=O)C1(c2ccc(-c3cc(F)c(-c4nnn(C)c4NC(=O)O[C@H](C)c4ccccc4)cc3F)cc2)CCOCC1. The lowest BCUT2D eigenvalue weighted by atomic mass is 9.74. The average molecular weight is 577 g/mol. The second-order valence-electron chi connectivity index (χ2n) is 10.1. The summed E-state index contributed by atoms with van der Waals surface area (Å²) >= 11 is 0. The number of carbonyl (C=O) groups excluding carboxylic acids is 2. The van der Waals surface area contributed by atoms with Crippen LogP contribution >= 0.6 is 0 Å². The molecule has 4 aromatic rings. The van der Waals surface area contributed by atoms with Crippen molar-refractivity contribution in [2.75, 3.05) is 25.6 Å². The van der Waals surface area contributed by atoms with Gasteiger partial charge < -0.3 is 14.2 Å². The molecule has 0 unspecified atom stereocenters. The van der Waals surface area contributed by atoms with Crippen LogP contribution in [-0.4, -0.2) is 47.4 Å². The molecule has 11 heteroatoms. The number of aromatic nitrogens is 3. The predicted molar refractivity (Wildman–Crippen MR) is 150 cm³/mol. The lowest BCUT2D eigenvalue weighted by Crippen LogP contribution is -2.42. The number of hydrogen-bond donors (Lipinski definition) is 1. The molecule has 1 atom stereocenters. The van der Waals surface area contributed by atoms with Crippen molar-refractivity contribution < 1.29 is 32.6 Å². The van der Waals surface area contributed by atoms with E-state index in [1.54, 1.807) is 31.2 Å². The number of nitrogens with one attached hydrogen (secondary N) is 1. The number of esters is 1. The van der Waals surface area contributed by atoms with Crippen molar-refractivity contribution in [3.05, 3.63) is 89.5 Å². The quantitative estimate of drug-likeness (QED) is 0.271. The molecular weight excluding hydrogens is 546 g/mol. The zero-order valence-electron chi connectivity index (χ0n) is 23.4. The molecule has 1 aliphatic rings. The van der Waals surface area contributed by atoms with E-state index in [4.69, 9.17) is 14.2 Å². The molecule has 1 N–H and O–H groups in total. The Hall–Kier alpha value is -4.64. The number of methoxy groups -OCH3 is 1. The molecule has 9 nitrogen and oxygen atoms in total. The molecule has 3 aromatic carbocycles. The molecule has 1 saturated heterocycles. The number of ether oxygens (including phenoxy) is 3. The fourth-order valence-corrected chi connectivity index (χ4v) is 5.20. The van der Waals surface area contributed by atoms with Crippen molar-refractivity contribution in [1.29, 1.82) is 0 Å². The number of carbonyl (C=O) groups is 2. The molecule has 0 spiro atoms. The Balaban J connectivity index is 1.39. The van der Waals surface area contributed by atoms with Crippen LogP contribution in [0.3, 0.4) is 0 Å². The van der Waals surface area contributed by atoms with Gasteiger partial charge in [0.2, 0.25) is 0 Å². The third-order valence-electron chi connectivity index (χ3n) is 7.58. The highest BCUT2D eigenvalue weighted by molar-refractivity contribution is 5.89. The van der Waals surface area contributed by atoms with Gasteiger partial charge in [-0.05, 0) is 48.6 Å². The van der Waals surface area contributed by atoms with Gasteiger partial charge in [-0.2, -0.15) is 0 Å². The molecule has 0 bridgehead atoms. The van der Waals surface area contributed by atoms with Gasteiger partial charge in [0.25, 0.3) is 0 Å². The van der Waals surface area contributed by atoms with Crippen molar-refractivity contribution in [3.8, 4) is 22.4 Å². The summed E-state index contributed by atoms with van der Waals surface area (Å²) in [7, 11) is 2.86. The highest BCUT2D eigenvalue weighted by atomic mass is 19.1. The first kappa shape index (κ1) is 28.9. The van der Waals surface area contributed by atoms with Gasteiger partial charge in [-0.25, -0.2) is 18.3 Å². The van der Waals surface area contributed by atoms with E-state index in [9.17, 15) is 9.59 Å². The highest BCUT2D eigenvalue weighted by Gasteiger charge is 2.42. The molecule has 1 amide bonds. The molecule has 42 heavy (non-hydrogen) atoms. The summed E-state index contributed by atoms with van der Waals surface area (Å²) in [5.74, 6) is -1.78. The third kappa shape index (κ3) is 5.60. The monoisotopic (exact) mass is 576 g/mol. The number of benzene rings is 3. The maximum absolute atomic E-state index is 15.5. The second kappa shape index (κ2) is 12.1. The summed E-state index contributed by atoms with van der Waals surface area (Å²) in [6, 6.07) is 18.0. The minimum Gasteiger partial charge on any atom is -0.468 e. The van der Waals surface area contributed by atoms with E-state index < -0.39 is 29.2 Å². The van der Waals surface area contributed by atoms with E-state index in [1.807, 2.05) is 30.3 Å². The van der Waals surface area contributed by atoms with Gasteiger partial charge in [0.05, 0.1) is 12.5 Å². The fraction of sp³-hybridized carbons (Fsp3) is 0.290. The molecule has 1 fully saturated rings. The van der Waals surface area contributed by atoms with Gasteiger partial charge in [0, 0.05) is 31.4 Å². The van der Waals surface area contributed by atoms with Crippen LogP contribution in [0.1, 0.15) is 37.0 Å². The summed E-state index contributed by atoms with van der Waals surface area (Å²) < 4.78 is 48.1. The van der Waals surface area contributed by atoms with E-state index in [1.165, 1.54) is 18.8 Å². The molecule has 2 heterocycles. The highest BCUT2D eigenvalue weighted by Crippen LogP contribution is 2.38. The zero-order valence-corrected chi connectivity index (χ0v) is 23.4. The van der Waals surface area contributed by atoms with Crippen LogP contribution in [-0.2, 0) is 31.5 Å². The number of rotatable bonds is 7. The molecule has 1 aromatic heterocycles. The molecule has 0 saturated carbocycles. The minimum absolute atomic E-state index is 0.0244. The summed E-state index contributed by atoms with van der Waals surface area (Å²) in [5.41, 5.74) is 0.873. The van der Waals surface area contributed by atoms with Gasteiger partial charge in [-0.3, -0.25) is 10.1 Å². The summed E-state index contributed by atoms with van der Waals surface area (Å²) in [6.45, 7) is 2.55. The Kier molecular flexibility index (Phi) is 8.30. The molecular formula is C31H30F2N4O5. The number of aryl methyl sites for hydroxylation is 1. The fourth-order valence-electron chi connectivity index (χ4n) is 5.20. The number of hydrogen-bond acceptors (Lipinski definition) is 7. The number of amides is 1. The average Bonchev–Trinajstić information content (AvgIpc) is 3.37. The van der Waals surface area contributed by atoms with Crippen LogP contribution in [0.5, 0.6) is 0 Å². The Morgan fingerprint density at radius 2 is 1.64 bits per heavy atom. The van der Waals surface area contributed by atoms with E-state index in [-0.39, 0.29) is 28.6 Å². The maximum atomic E-state index is 15.5. The third-order valence-corrected chi connectivity index (χ3v) is 7.58. The van der Waals surface area contributed by atoms with Crippen molar-refractivity contribution in [2.24, 2.45) is 7.05 Å². The second-order valence-corrected chi connectivity index (χ2v) is 10.1. The first-order valence-corrected chi connectivity index (χ1v) is 13.4. The minimum atomic E-state index is -0.853. The van der Waals surface area contributed by atoms with Crippen molar-refractivity contribution in [1.82, 2.24) is 15.0 Å². The van der Waals surface area contributed by atoms with E-state index in [2.05, 4.69) is 15.6 Å². The normalized spacial score (nSPS) is 15.1. The standard InChI is InChI=1S/C31H30F2N4O5/c1-19(20-7-5-4-6-8-20)42-30(39)34-28-27(35-36-37(28)2)24-18-25(32)23(17-26(24)33)21-9-11-22(12-10-21)31(29(38)40-3)13-15-41-16-14-31/h4-12,17-19H,13-16H2,1-3H3,(H,34,39)/t19-/m1/s1. The Morgan fingerprint density at radius 3 is 2.31 bits per heavy atom. The Labute approximate surface area is 241 Å². The summed E-state index contributed by atoms with van der Waals surface area (Å²) in [5, 5.41) is 10.4. The van der Waals surface area contributed by atoms with Crippen LogP contribution < -0.4 is 5.32 Å². The van der Waals surface area contributed by atoms with E-state index >= 15 is 8.78 Å². The van der Waals surface area contributed by atoms with E-state index in [0.717, 1.165) is 23.3 Å². The molecule has 218 valence electrons. The Morgan fingerprint density at radius 1 is 1.00 bits per heavy atom. The summed E-state index contributed by atoms with van der Waals surface area (Å²) in [4.78, 5) is 25.3. The van der Waals surface area contributed by atoms with Crippen LogP contribution in [0, 0.1) is 11.6 Å². The van der Waals surface area contributed by atoms with Gasteiger partial charge in [-0.15, -0.1) is 5.10 Å². The van der Waals surface area contributed by atoms with Gasteiger partial charge in [0.1, 0.15) is 23.4 Å². The van der Waals surface area contributed by atoms with Gasteiger partial charge >= 0.3 is 12.1 Å². The van der Waals surface area contributed by atoms with Crippen LogP contribution in [0.15, 0.2) is 66.7 Å². The molecule has 0 radical (unpaired) electrons. The van der Waals surface area contributed by atoms with Gasteiger partial charge in [-0.1, -0.05) is 59.8 Å². The summed E-state index contributed by atoms with van der Waals surface area (Å²) in [6.07, 6.45) is -0.428. The lowest BCUT2D eigenvalue weighted by Gasteiger charge is -2.34. The lowest BCUT2D eigenvalue weighted by molar-refractivity contribution is -0.151. The van der Waals surface area contributed by atoms with Crippen LogP contribution in [0.4, 0.5) is 19.4 Å². The topological polar surface area (TPSA) is 105 Å². The van der Waals surface area contributed by atoms with E-state index in [0.29, 0.717) is 31.6 Å². The molecule has 0 aliphatic carbocycles. The van der Waals surface area contributed by atoms with Crippen LogP contribution in [0.2, 0.25) is 0 Å². The van der Waals surface area contributed by atoms with Crippen LogP contribution in [0.25, 0.3) is 22.4 Å². The largest absolute Gasteiger partial charge is 0.468 e. The van der Waals surface area contributed by atoms with Crippen molar-refractivity contribution >= 4 is 17.9 Å². The molecule has 1 aliphatic heterocycles. The smallest absolute Gasteiger partial charge is 0.413 e. The maximum Gasteiger partial charge on any atom is 0.413 e. The number of halogens is 2. The van der Waals surface area contributed by atoms with Gasteiger partial charge in [0.15, 0.2) is 5.82 Å². The first-order valence-electron chi connectivity index (χ1n) is 13.4. The Bertz CT molecular complexity index is 1590. The van der Waals surface area contributed by atoms with Crippen molar-refractivity contribution in [2.45, 2.75) is 31.3 Å².